The van der Waals surface area contributed by atoms with Gasteiger partial charge in [0.15, 0.2) is 21.7 Å². The monoisotopic (exact) mass is 480 g/mol. The first kappa shape index (κ1) is 22.4. The van der Waals surface area contributed by atoms with Gasteiger partial charge in [-0.15, -0.1) is 0 Å². The molecular formula is C26H20N6O4. The summed E-state index contributed by atoms with van der Waals surface area (Å²) in [6.45, 7) is 0. The van der Waals surface area contributed by atoms with Crippen molar-refractivity contribution in [2.24, 2.45) is 0 Å². The van der Waals surface area contributed by atoms with Gasteiger partial charge in [-0.3, -0.25) is 29.0 Å². The number of anilines is 6. The molecule has 0 aliphatic heterocycles. The van der Waals surface area contributed by atoms with E-state index < -0.39 is 0 Å². The van der Waals surface area contributed by atoms with E-state index in [9.17, 15) is 19.2 Å². The van der Waals surface area contributed by atoms with E-state index in [1.165, 1.54) is 73.3 Å². The quantitative estimate of drug-likeness (QED) is 0.294. The van der Waals surface area contributed by atoms with E-state index in [1.54, 1.807) is 34.1 Å². The van der Waals surface area contributed by atoms with Gasteiger partial charge in [0, 0.05) is 73.3 Å². The van der Waals surface area contributed by atoms with Gasteiger partial charge in [0.2, 0.25) is 0 Å². The van der Waals surface area contributed by atoms with Gasteiger partial charge in [-0.1, -0.05) is 6.07 Å². The zero-order valence-corrected chi connectivity index (χ0v) is 18.8. The summed E-state index contributed by atoms with van der Waals surface area (Å²) < 4.78 is 0. The van der Waals surface area contributed by atoms with Gasteiger partial charge in [-0.25, -0.2) is 0 Å². The molecule has 0 fully saturated rings. The molecule has 0 unspecified atom stereocenters. The highest BCUT2D eigenvalue weighted by atomic mass is 16.1. The number of benzene rings is 1. The smallest absolute Gasteiger partial charge is 0.183 e. The molecule has 0 radical (unpaired) electrons. The maximum Gasteiger partial charge on any atom is 0.183 e. The van der Waals surface area contributed by atoms with E-state index >= 15 is 0 Å². The van der Waals surface area contributed by atoms with E-state index in [0.717, 1.165) is 0 Å². The van der Waals surface area contributed by atoms with Crippen LogP contribution < -0.4 is 31.5 Å². The molecule has 0 amide bonds. The van der Waals surface area contributed by atoms with Crippen LogP contribution in [-0.2, 0) is 0 Å². The topological polar surface area (TPSA) is 138 Å². The summed E-state index contributed by atoms with van der Waals surface area (Å²) in [7, 11) is 0. The van der Waals surface area contributed by atoms with Gasteiger partial charge in [0.1, 0.15) is 23.3 Å². The minimum atomic E-state index is -0.214. The largest absolute Gasteiger partial charge is 0.347 e. The Morgan fingerprint density at radius 2 is 0.722 bits per heavy atom. The molecule has 178 valence electrons. The lowest BCUT2D eigenvalue weighted by Crippen LogP contribution is -2.19. The van der Waals surface area contributed by atoms with Crippen LogP contribution in [0.1, 0.15) is 0 Å². The highest BCUT2D eigenvalue weighted by Gasteiger charge is 2.19. The van der Waals surface area contributed by atoms with Gasteiger partial charge in [-0.2, -0.15) is 0 Å². The standard InChI is InChI=1S/C26H20N6O4/c33-19-4-8-27-23(13-19)31(24-14-20(34)5-9-28-24)17-2-1-3-18(12-17)32(25-15-21(35)6-10-29-25)26-16-22(36)7-11-30-26/h1-16H,(H,27,33)(H,28,34)(H,29,35)(H,30,36). The molecular weight excluding hydrogens is 460 g/mol. The van der Waals surface area contributed by atoms with Crippen molar-refractivity contribution in [1.82, 2.24) is 19.9 Å². The SMILES string of the molecule is O=c1cc[nH]c(N(c2cccc(N(c3cc(=O)cc[nH]3)c3cc(=O)cc[nH]3)c2)c2cc(=O)cc[nH]2)c1. The third-order valence-electron chi connectivity index (χ3n) is 5.34. The number of H-pyrrole nitrogens is 4. The summed E-state index contributed by atoms with van der Waals surface area (Å²) in [5.74, 6) is 1.70. The number of nitrogens with one attached hydrogen (secondary N) is 4. The van der Waals surface area contributed by atoms with Crippen molar-refractivity contribution in [2.75, 3.05) is 9.80 Å². The Kier molecular flexibility index (Phi) is 5.90. The van der Waals surface area contributed by atoms with Crippen LogP contribution in [0.2, 0.25) is 0 Å². The van der Waals surface area contributed by atoms with Crippen LogP contribution >= 0.6 is 0 Å². The summed E-state index contributed by atoms with van der Waals surface area (Å²) in [6.07, 6.45) is 6.08. The van der Waals surface area contributed by atoms with Crippen LogP contribution in [0.4, 0.5) is 34.6 Å². The average molecular weight is 480 g/mol. The molecule has 10 heteroatoms. The lowest BCUT2D eigenvalue weighted by molar-refractivity contribution is 1.10. The third-order valence-corrected chi connectivity index (χ3v) is 5.34. The summed E-state index contributed by atoms with van der Waals surface area (Å²) >= 11 is 0. The first-order chi connectivity index (χ1) is 17.5. The second-order valence-electron chi connectivity index (χ2n) is 7.83. The fraction of sp³-hybridized carbons (Fsp3) is 0. The van der Waals surface area contributed by atoms with Crippen LogP contribution in [0.5, 0.6) is 0 Å². The molecule has 0 saturated carbocycles. The number of hydrogen-bond acceptors (Lipinski definition) is 6. The number of aromatic nitrogens is 4. The van der Waals surface area contributed by atoms with Crippen molar-refractivity contribution in [2.45, 2.75) is 0 Å². The molecule has 0 aliphatic rings. The van der Waals surface area contributed by atoms with Gasteiger partial charge < -0.3 is 19.9 Å². The second kappa shape index (κ2) is 9.47. The van der Waals surface area contributed by atoms with Gasteiger partial charge in [0.25, 0.3) is 0 Å². The van der Waals surface area contributed by atoms with Crippen LogP contribution in [0.25, 0.3) is 0 Å². The van der Waals surface area contributed by atoms with Crippen LogP contribution in [0, 0.1) is 0 Å². The number of aromatic amines is 4. The Morgan fingerprint density at radius 3 is 1.00 bits per heavy atom. The minimum Gasteiger partial charge on any atom is -0.347 e. The molecule has 36 heavy (non-hydrogen) atoms. The number of hydrogen-bond donors (Lipinski definition) is 4. The van der Waals surface area contributed by atoms with Crippen molar-refractivity contribution < 1.29 is 0 Å². The second-order valence-corrected chi connectivity index (χ2v) is 7.83. The molecule has 0 saturated heterocycles. The fourth-order valence-electron chi connectivity index (χ4n) is 3.84. The van der Waals surface area contributed by atoms with Crippen LogP contribution in [0.3, 0.4) is 0 Å². The third kappa shape index (κ3) is 4.64. The van der Waals surface area contributed by atoms with Crippen molar-refractivity contribution in [1.29, 1.82) is 0 Å². The Morgan fingerprint density at radius 1 is 0.417 bits per heavy atom. The first-order valence-corrected chi connectivity index (χ1v) is 10.9. The average Bonchev–Trinajstić information content (AvgIpc) is 2.85. The van der Waals surface area contributed by atoms with Crippen molar-refractivity contribution in [3.8, 4) is 0 Å². The Bertz CT molecular complexity index is 1530. The number of rotatable bonds is 6. The molecule has 4 aromatic heterocycles. The van der Waals surface area contributed by atoms with E-state index in [4.69, 9.17) is 0 Å². The fourth-order valence-corrected chi connectivity index (χ4v) is 3.84. The molecule has 0 bridgehead atoms. The van der Waals surface area contributed by atoms with Crippen LogP contribution in [0.15, 0.2) is 117 Å². The maximum absolute atomic E-state index is 12.1. The highest BCUT2D eigenvalue weighted by molar-refractivity contribution is 5.79. The zero-order chi connectivity index (χ0) is 25.1. The maximum atomic E-state index is 12.1. The van der Waals surface area contributed by atoms with Gasteiger partial charge in [0.05, 0.1) is 11.4 Å². The predicted molar refractivity (Wildman–Crippen MR) is 138 cm³/mol. The Hall–Kier alpha value is -5.38. The summed E-state index contributed by atoms with van der Waals surface area (Å²) in [4.78, 5) is 64.1. The normalized spacial score (nSPS) is 10.7. The molecule has 10 nitrogen and oxygen atoms in total. The van der Waals surface area contributed by atoms with E-state index in [-0.39, 0.29) is 21.7 Å². The van der Waals surface area contributed by atoms with Crippen molar-refractivity contribution in [3.63, 3.8) is 0 Å². The molecule has 5 rings (SSSR count). The van der Waals surface area contributed by atoms with Crippen molar-refractivity contribution >= 4 is 34.6 Å². The van der Waals surface area contributed by atoms with E-state index in [1.807, 2.05) is 0 Å². The Labute approximate surface area is 203 Å². The molecule has 5 aromatic rings. The molecule has 0 aliphatic carbocycles. The molecule has 1 aromatic carbocycles. The first-order valence-electron chi connectivity index (χ1n) is 10.9. The lowest BCUT2D eigenvalue weighted by atomic mass is 10.2. The number of nitrogens with zero attached hydrogens (tertiary/aromatic N) is 2. The summed E-state index contributed by atoms with van der Waals surface area (Å²) in [5.41, 5.74) is 0.333. The molecule has 4 N–H and O–H groups in total. The molecule has 0 atom stereocenters. The highest BCUT2D eigenvalue weighted by Crippen LogP contribution is 2.36. The van der Waals surface area contributed by atoms with E-state index in [0.29, 0.717) is 34.6 Å². The summed E-state index contributed by atoms with van der Waals surface area (Å²) in [5, 5.41) is 0. The Balaban J connectivity index is 1.72. The lowest BCUT2D eigenvalue weighted by Gasteiger charge is -2.27. The van der Waals surface area contributed by atoms with Gasteiger partial charge in [-0.05, 0) is 18.2 Å². The zero-order valence-electron chi connectivity index (χ0n) is 18.8. The summed E-state index contributed by atoms with van der Waals surface area (Å²) in [6, 6.07) is 18.4. The van der Waals surface area contributed by atoms with Gasteiger partial charge >= 0.3 is 0 Å². The minimum absolute atomic E-state index is 0.214. The number of pyridine rings is 4. The van der Waals surface area contributed by atoms with E-state index in [2.05, 4.69) is 19.9 Å². The van der Waals surface area contributed by atoms with Crippen LogP contribution in [-0.4, -0.2) is 19.9 Å². The predicted octanol–water partition coefficient (Wildman–Crippen LogP) is 3.38. The van der Waals surface area contributed by atoms with Crippen molar-refractivity contribution in [3.05, 3.63) is 138 Å². The molecule has 0 spiro atoms. The molecule has 4 heterocycles.